The predicted octanol–water partition coefficient (Wildman–Crippen LogP) is 2.28. The van der Waals surface area contributed by atoms with Crippen LogP contribution in [0.4, 0.5) is 8.78 Å². The Hall–Kier alpha value is -1.38. The highest BCUT2D eigenvalue weighted by Crippen LogP contribution is 2.14. The topological polar surface area (TPSA) is 26.0 Å². The van der Waals surface area contributed by atoms with Gasteiger partial charge in [0.05, 0.1) is 0 Å². The molecule has 0 aromatic heterocycles. The van der Waals surface area contributed by atoms with E-state index in [9.17, 15) is 8.78 Å². The van der Waals surface area contributed by atoms with E-state index >= 15 is 0 Å². The molecule has 0 aliphatic carbocycles. The third-order valence-electron chi connectivity index (χ3n) is 1.55. The van der Waals surface area contributed by atoms with Crippen LogP contribution in [0.2, 0.25) is 0 Å². The summed E-state index contributed by atoms with van der Waals surface area (Å²) in [6.45, 7) is 1.67. The lowest BCUT2D eigenvalue weighted by molar-refractivity contribution is 0.596. The molecule has 0 unspecified atom stereocenters. The second kappa shape index (κ2) is 3.34. The van der Waals surface area contributed by atoms with Crippen LogP contribution in [-0.2, 0) is 0 Å². The van der Waals surface area contributed by atoms with Crippen LogP contribution < -0.4 is 5.73 Å². The van der Waals surface area contributed by atoms with Gasteiger partial charge < -0.3 is 5.73 Å². The fraction of sp³-hybridized carbons (Fsp3) is 0.111. The van der Waals surface area contributed by atoms with E-state index < -0.39 is 11.6 Å². The van der Waals surface area contributed by atoms with Gasteiger partial charge in [0, 0.05) is 11.3 Å². The van der Waals surface area contributed by atoms with E-state index in [0.29, 0.717) is 0 Å². The zero-order chi connectivity index (χ0) is 9.14. The van der Waals surface area contributed by atoms with Crippen LogP contribution in [0.5, 0.6) is 0 Å². The molecule has 0 fully saturated rings. The Bertz CT molecular complexity index is 318. The summed E-state index contributed by atoms with van der Waals surface area (Å²) in [7, 11) is 0. The van der Waals surface area contributed by atoms with Crippen LogP contribution in [0, 0.1) is 11.6 Å². The molecule has 0 amide bonds. The van der Waals surface area contributed by atoms with Crippen molar-refractivity contribution in [3.8, 4) is 0 Å². The summed E-state index contributed by atoms with van der Waals surface area (Å²) < 4.78 is 25.5. The fourth-order valence-corrected chi connectivity index (χ4v) is 0.874. The Balaban J connectivity index is 3.23. The van der Waals surface area contributed by atoms with E-state index in [0.717, 1.165) is 18.2 Å². The van der Waals surface area contributed by atoms with Crippen molar-refractivity contribution in [3.05, 3.63) is 41.5 Å². The second-order valence-corrected chi connectivity index (χ2v) is 2.37. The smallest absolute Gasteiger partial charge is 0.132 e. The maximum atomic E-state index is 12.9. The Morgan fingerprint density at radius 3 is 2.67 bits per heavy atom. The maximum absolute atomic E-state index is 12.9. The van der Waals surface area contributed by atoms with Crippen molar-refractivity contribution < 1.29 is 8.78 Å². The summed E-state index contributed by atoms with van der Waals surface area (Å²) in [5.41, 5.74) is 5.77. The Morgan fingerprint density at radius 2 is 2.08 bits per heavy atom. The molecule has 0 saturated carbocycles. The second-order valence-electron chi connectivity index (χ2n) is 2.37. The number of nitrogens with two attached hydrogens (primary N) is 1. The highest BCUT2D eigenvalue weighted by Gasteiger charge is 2.04. The molecule has 3 heteroatoms. The van der Waals surface area contributed by atoms with Crippen molar-refractivity contribution in [1.82, 2.24) is 0 Å². The molecule has 0 saturated heterocycles. The van der Waals surface area contributed by atoms with Crippen molar-refractivity contribution in [2.75, 3.05) is 0 Å². The van der Waals surface area contributed by atoms with E-state index in [1.165, 1.54) is 6.08 Å². The zero-order valence-electron chi connectivity index (χ0n) is 6.64. The van der Waals surface area contributed by atoms with Gasteiger partial charge in [-0.3, -0.25) is 0 Å². The predicted molar refractivity (Wildman–Crippen MR) is 44.2 cm³/mol. The molecule has 12 heavy (non-hydrogen) atoms. The normalized spacial score (nSPS) is 11.8. The largest absolute Gasteiger partial charge is 0.398 e. The number of benzene rings is 1. The molecule has 0 atom stereocenters. The van der Waals surface area contributed by atoms with Gasteiger partial charge in [-0.15, -0.1) is 0 Å². The monoisotopic (exact) mass is 169 g/mol. The number of allylic oxidation sites excluding steroid dienone is 1. The number of rotatable bonds is 1. The quantitative estimate of drug-likeness (QED) is 0.685. The van der Waals surface area contributed by atoms with Gasteiger partial charge in [0.15, 0.2) is 0 Å². The van der Waals surface area contributed by atoms with E-state index in [1.807, 2.05) is 0 Å². The van der Waals surface area contributed by atoms with Crippen molar-refractivity contribution in [2.24, 2.45) is 5.73 Å². The molecular weight excluding hydrogens is 160 g/mol. The van der Waals surface area contributed by atoms with Gasteiger partial charge in [0.2, 0.25) is 0 Å². The molecule has 1 nitrogen and oxygen atoms in total. The minimum atomic E-state index is -0.507. The number of halogens is 2. The molecule has 1 aromatic rings. The molecule has 0 radical (unpaired) electrons. The summed E-state index contributed by atoms with van der Waals surface area (Å²) >= 11 is 0. The summed E-state index contributed by atoms with van der Waals surface area (Å²) in [5.74, 6) is -0.997. The van der Waals surface area contributed by atoms with Crippen molar-refractivity contribution in [2.45, 2.75) is 6.92 Å². The summed E-state index contributed by atoms with van der Waals surface area (Å²) in [6.07, 6.45) is 1.53. The first kappa shape index (κ1) is 8.71. The van der Waals surface area contributed by atoms with Crippen LogP contribution in [0.15, 0.2) is 24.3 Å². The summed E-state index contributed by atoms with van der Waals surface area (Å²) in [4.78, 5) is 0. The van der Waals surface area contributed by atoms with E-state index in [2.05, 4.69) is 0 Å². The van der Waals surface area contributed by atoms with Gasteiger partial charge >= 0.3 is 0 Å². The molecule has 64 valence electrons. The van der Waals surface area contributed by atoms with Gasteiger partial charge in [-0.1, -0.05) is 6.08 Å². The number of hydrogen-bond acceptors (Lipinski definition) is 1. The molecular formula is C9H9F2N. The first-order chi connectivity index (χ1) is 5.65. The van der Waals surface area contributed by atoms with Crippen LogP contribution in [-0.4, -0.2) is 0 Å². The van der Waals surface area contributed by atoms with E-state index in [1.54, 1.807) is 6.92 Å². The van der Waals surface area contributed by atoms with Gasteiger partial charge in [-0.05, 0) is 25.1 Å². The Morgan fingerprint density at radius 1 is 1.42 bits per heavy atom. The Kier molecular flexibility index (Phi) is 2.43. The van der Waals surface area contributed by atoms with Gasteiger partial charge in [0.25, 0.3) is 0 Å². The number of hydrogen-bond donors (Lipinski definition) is 1. The molecule has 0 heterocycles. The molecule has 0 aliphatic rings. The van der Waals surface area contributed by atoms with E-state index in [-0.39, 0.29) is 11.3 Å². The minimum Gasteiger partial charge on any atom is -0.398 e. The fourth-order valence-electron chi connectivity index (χ4n) is 0.874. The van der Waals surface area contributed by atoms with Crippen LogP contribution in [0.3, 0.4) is 0 Å². The van der Waals surface area contributed by atoms with Crippen molar-refractivity contribution >= 4 is 5.70 Å². The summed E-state index contributed by atoms with van der Waals surface area (Å²) in [5, 5.41) is 0. The van der Waals surface area contributed by atoms with Gasteiger partial charge in [-0.25, -0.2) is 8.78 Å². The average molecular weight is 169 g/mol. The Labute approximate surface area is 69.5 Å². The van der Waals surface area contributed by atoms with Crippen LogP contribution in [0.1, 0.15) is 12.5 Å². The molecule has 0 aliphatic heterocycles. The van der Waals surface area contributed by atoms with Crippen LogP contribution >= 0.6 is 0 Å². The third kappa shape index (κ3) is 1.61. The highest BCUT2D eigenvalue weighted by atomic mass is 19.1. The molecule has 0 spiro atoms. The van der Waals surface area contributed by atoms with E-state index in [4.69, 9.17) is 5.73 Å². The average Bonchev–Trinajstić information content (AvgIpc) is 2.08. The highest BCUT2D eigenvalue weighted by molar-refractivity contribution is 5.62. The minimum absolute atomic E-state index is 0.109. The lowest BCUT2D eigenvalue weighted by Crippen LogP contribution is -1.99. The van der Waals surface area contributed by atoms with Crippen LogP contribution in [0.25, 0.3) is 5.70 Å². The summed E-state index contributed by atoms with van der Waals surface area (Å²) in [6, 6.07) is 3.19. The molecule has 0 bridgehead atoms. The van der Waals surface area contributed by atoms with Crippen molar-refractivity contribution in [1.29, 1.82) is 0 Å². The maximum Gasteiger partial charge on any atom is 0.132 e. The molecule has 1 aromatic carbocycles. The zero-order valence-corrected chi connectivity index (χ0v) is 6.64. The van der Waals surface area contributed by atoms with Gasteiger partial charge in [-0.2, -0.15) is 0 Å². The lowest BCUT2D eigenvalue weighted by atomic mass is 10.1. The first-order valence-electron chi connectivity index (χ1n) is 3.52. The lowest BCUT2D eigenvalue weighted by Gasteiger charge is -2.01. The standard InChI is InChI=1S/C9H9F2N/c1-2-9(12)7-5-6(10)3-4-8(7)11/h2-5H,12H2,1H3/b9-2+. The van der Waals surface area contributed by atoms with Crippen molar-refractivity contribution in [3.63, 3.8) is 0 Å². The molecule has 1 rings (SSSR count). The molecule has 2 N–H and O–H groups in total. The van der Waals surface area contributed by atoms with Gasteiger partial charge in [0.1, 0.15) is 11.6 Å². The third-order valence-corrected chi connectivity index (χ3v) is 1.55. The SMILES string of the molecule is C/C=C(/N)c1cc(F)ccc1F. The first-order valence-corrected chi connectivity index (χ1v) is 3.52.